The van der Waals surface area contributed by atoms with Crippen molar-refractivity contribution in [1.82, 2.24) is 14.8 Å². The number of aryl methyl sites for hydroxylation is 2. The summed E-state index contributed by atoms with van der Waals surface area (Å²) in [6, 6.07) is 0.238. The van der Waals surface area contributed by atoms with Crippen molar-refractivity contribution in [3.63, 3.8) is 0 Å². The van der Waals surface area contributed by atoms with Crippen molar-refractivity contribution in [2.24, 2.45) is 11.7 Å². The third-order valence-electron chi connectivity index (χ3n) is 4.06. The normalized spacial score (nSPS) is 19.1. The van der Waals surface area contributed by atoms with Crippen LogP contribution in [0.2, 0.25) is 0 Å². The molecule has 0 spiro atoms. The molecule has 0 aromatic carbocycles. The second-order valence-corrected chi connectivity index (χ2v) is 5.40. The van der Waals surface area contributed by atoms with Gasteiger partial charge in [0.2, 0.25) is 0 Å². The van der Waals surface area contributed by atoms with Crippen LogP contribution in [0.5, 0.6) is 0 Å². The third-order valence-corrected chi connectivity index (χ3v) is 4.06. The van der Waals surface area contributed by atoms with Crippen LogP contribution in [-0.4, -0.2) is 20.8 Å². The van der Waals surface area contributed by atoms with E-state index in [4.69, 9.17) is 5.73 Å². The predicted molar refractivity (Wildman–Crippen MR) is 73.3 cm³/mol. The van der Waals surface area contributed by atoms with Gasteiger partial charge < -0.3 is 5.73 Å². The van der Waals surface area contributed by atoms with Gasteiger partial charge in [-0.15, -0.1) is 0 Å². The quantitative estimate of drug-likeness (QED) is 0.872. The van der Waals surface area contributed by atoms with Gasteiger partial charge >= 0.3 is 0 Å². The van der Waals surface area contributed by atoms with Crippen LogP contribution in [0.3, 0.4) is 0 Å². The van der Waals surface area contributed by atoms with Gasteiger partial charge in [-0.2, -0.15) is 5.10 Å². The summed E-state index contributed by atoms with van der Waals surface area (Å²) < 4.78 is 2.04. The highest BCUT2D eigenvalue weighted by molar-refractivity contribution is 4.93. The molecule has 0 bridgehead atoms. The van der Waals surface area contributed by atoms with Gasteiger partial charge in [-0.1, -0.05) is 33.1 Å². The van der Waals surface area contributed by atoms with Gasteiger partial charge in [0.1, 0.15) is 5.82 Å². The van der Waals surface area contributed by atoms with Crippen molar-refractivity contribution in [2.45, 2.75) is 71.4 Å². The highest BCUT2D eigenvalue weighted by Crippen LogP contribution is 2.26. The SMILES string of the molecule is CCc1nc(CC)n(CC(N)C2CCCCC2)n1. The Labute approximate surface area is 110 Å². The summed E-state index contributed by atoms with van der Waals surface area (Å²) in [4.78, 5) is 4.54. The Kier molecular flexibility index (Phi) is 4.75. The number of rotatable bonds is 5. The molecule has 0 amide bonds. The van der Waals surface area contributed by atoms with Crippen LogP contribution >= 0.6 is 0 Å². The average Bonchev–Trinajstić information content (AvgIpc) is 2.82. The maximum absolute atomic E-state index is 6.37. The molecule has 1 atom stereocenters. The first kappa shape index (κ1) is 13.5. The van der Waals surface area contributed by atoms with Gasteiger partial charge in [0.25, 0.3) is 0 Å². The predicted octanol–water partition coefficient (Wildman–Crippen LogP) is 2.31. The number of hydrogen-bond acceptors (Lipinski definition) is 3. The van der Waals surface area contributed by atoms with Gasteiger partial charge in [-0.25, -0.2) is 9.67 Å². The van der Waals surface area contributed by atoms with Crippen LogP contribution < -0.4 is 5.73 Å². The van der Waals surface area contributed by atoms with Gasteiger partial charge in [-0.3, -0.25) is 0 Å². The molecule has 2 N–H and O–H groups in total. The van der Waals surface area contributed by atoms with E-state index in [1.165, 1.54) is 32.1 Å². The van der Waals surface area contributed by atoms with Gasteiger partial charge in [-0.05, 0) is 18.8 Å². The molecule has 1 aromatic heterocycles. The first-order valence-electron chi connectivity index (χ1n) is 7.42. The zero-order valence-electron chi connectivity index (χ0n) is 11.7. The van der Waals surface area contributed by atoms with Crippen molar-refractivity contribution in [3.8, 4) is 0 Å². The number of nitrogens with zero attached hydrogens (tertiary/aromatic N) is 3. The second-order valence-electron chi connectivity index (χ2n) is 5.40. The highest BCUT2D eigenvalue weighted by atomic mass is 15.3. The molecule has 0 radical (unpaired) electrons. The van der Waals surface area contributed by atoms with E-state index in [1.807, 2.05) is 4.68 Å². The fourth-order valence-corrected chi connectivity index (χ4v) is 2.89. The molecule has 2 rings (SSSR count). The molecule has 4 heteroatoms. The van der Waals surface area contributed by atoms with E-state index >= 15 is 0 Å². The molecule has 4 nitrogen and oxygen atoms in total. The number of nitrogens with two attached hydrogens (primary N) is 1. The summed E-state index contributed by atoms with van der Waals surface area (Å²) in [6.07, 6.45) is 8.48. The average molecular weight is 250 g/mol. The fraction of sp³-hybridized carbons (Fsp3) is 0.857. The van der Waals surface area contributed by atoms with E-state index < -0.39 is 0 Å². The van der Waals surface area contributed by atoms with E-state index in [0.717, 1.165) is 31.0 Å². The molecule has 102 valence electrons. The van der Waals surface area contributed by atoms with E-state index in [0.29, 0.717) is 5.92 Å². The Hall–Kier alpha value is -0.900. The number of hydrogen-bond donors (Lipinski definition) is 1. The Balaban J connectivity index is 2.00. The Morgan fingerprint density at radius 2 is 1.94 bits per heavy atom. The lowest BCUT2D eigenvalue weighted by Gasteiger charge is -2.27. The molecule has 1 heterocycles. The highest BCUT2D eigenvalue weighted by Gasteiger charge is 2.22. The van der Waals surface area contributed by atoms with Gasteiger partial charge in [0.15, 0.2) is 5.82 Å². The lowest BCUT2D eigenvalue weighted by atomic mass is 9.84. The van der Waals surface area contributed by atoms with E-state index in [9.17, 15) is 0 Å². The van der Waals surface area contributed by atoms with Gasteiger partial charge in [0, 0.05) is 18.9 Å². The molecule has 1 aliphatic rings. The summed E-state index contributed by atoms with van der Waals surface area (Å²) in [5, 5.41) is 4.56. The minimum Gasteiger partial charge on any atom is -0.326 e. The maximum Gasteiger partial charge on any atom is 0.150 e. The van der Waals surface area contributed by atoms with Gasteiger partial charge in [0.05, 0.1) is 6.54 Å². The summed E-state index contributed by atoms with van der Waals surface area (Å²) in [6.45, 7) is 5.06. The Bertz CT molecular complexity index is 366. The van der Waals surface area contributed by atoms with Crippen molar-refractivity contribution < 1.29 is 0 Å². The van der Waals surface area contributed by atoms with Crippen LogP contribution in [0.25, 0.3) is 0 Å². The summed E-state index contributed by atoms with van der Waals surface area (Å²) in [7, 11) is 0. The molecule has 1 unspecified atom stereocenters. The molecular weight excluding hydrogens is 224 g/mol. The fourth-order valence-electron chi connectivity index (χ4n) is 2.89. The van der Waals surface area contributed by atoms with Crippen LogP contribution in [0.15, 0.2) is 0 Å². The first-order chi connectivity index (χ1) is 8.74. The summed E-state index contributed by atoms with van der Waals surface area (Å²) in [5.74, 6) is 2.71. The van der Waals surface area contributed by atoms with Crippen LogP contribution in [0, 0.1) is 5.92 Å². The third kappa shape index (κ3) is 3.10. The molecule has 1 aromatic rings. The number of aromatic nitrogens is 3. The Morgan fingerprint density at radius 3 is 2.56 bits per heavy atom. The monoisotopic (exact) mass is 250 g/mol. The van der Waals surface area contributed by atoms with Crippen LogP contribution in [0.4, 0.5) is 0 Å². The standard InChI is InChI=1S/C14H26N4/c1-3-13-16-14(4-2)18(17-13)10-12(15)11-8-6-5-7-9-11/h11-12H,3-10,15H2,1-2H3. The minimum absolute atomic E-state index is 0.238. The van der Waals surface area contributed by atoms with Crippen molar-refractivity contribution >= 4 is 0 Å². The van der Waals surface area contributed by atoms with Crippen molar-refractivity contribution in [1.29, 1.82) is 0 Å². The lowest BCUT2D eigenvalue weighted by Crippen LogP contribution is -2.36. The van der Waals surface area contributed by atoms with Crippen LogP contribution in [-0.2, 0) is 19.4 Å². The molecule has 1 fully saturated rings. The van der Waals surface area contributed by atoms with Crippen LogP contribution in [0.1, 0.15) is 57.6 Å². The summed E-state index contributed by atoms with van der Waals surface area (Å²) >= 11 is 0. The van der Waals surface area contributed by atoms with E-state index in [1.54, 1.807) is 0 Å². The molecule has 1 saturated carbocycles. The molecular formula is C14H26N4. The molecule has 0 saturated heterocycles. The molecule has 0 aliphatic heterocycles. The largest absolute Gasteiger partial charge is 0.326 e. The smallest absolute Gasteiger partial charge is 0.150 e. The maximum atomic E-state index is 6.37. The Morgan fingerprint density at radius 1 is 1.22 bits per heavy atom. The van der Waals surface area contributed by atoms with E-state index in [2.05, 4.69) is 23.9 Å². The second kappa shape index (κ2) is 6.32. The first-order valence-corrected chi connectivity index (χ1v) is 7.42. The molecule has 18 heavy (non-hydrogen) atoms. The lowest BCUT2D eigenvalue weighted by molar-refractivity contribution is 0.277. The van der Waals surface area contributed by atoms with Crippen molar-refractivity contribution in [3.05, 3.63) is 11.6 Å². The molecule has 1 aliphatic carbocycles. The van der Waals surface area contributed by atoms with Crippen molar-refractivity contribution in [2.75, 3.05) is 0 Å². The minimum atomic E-state index is 0.238. The zero-order valence-corrected chi connectivity index (χ0v) is 11.7. The topological polar surface area (TPSA) is 56.7 Å². The van der Waals surface area contributed by atoms with E-state index in [-0.39, 0.29) is 6.04 Å². The zero-order chi connectivity index (χ0) is 13.0. The summed E-state index contributed by atoms with van der Waals surface area (Å²) in [5.41, 5.74) is 6.37.